The molecule has 1 N–H and O–H groups in total. The normalized spacial score (nSPS) is 18.1. The maximum atomic E-state index is 13.4. The van der Waals surface area contributed by atoms with Crippen molar-refractivity contribution in [1.29, 1.82) is 0 Å². The summed E-state index contributed by atoms with van der Waals surface area (Å²) >= 11 is 0. The minimum atomic E-state index is -1.20. The van der Waals surface area contributed by atoms with Gasteiger partial charge in [-0.25, -0.2) is 5.01 Å². The summed E-state index contributed by atoms with van der Waals surface area (Å²) in [6.07, 6.45) is 0.408. The minimum Gasteiger partial charge on any atom is -0.347 e. The van der Waals surface area contributed by atoms with Crippen LogP contribution in [-0.2, 0) is 4.74 Å². The lowest BCUT2D eigenvalue weighted by Crippen LogP contribution is -2.53. The molecule has 1 heterocycles. The van der Waals surface area contributed by atoms with Gasteiger partial charge in [0, 0.05) is 24.2 Å². The van der Waals surface area contributed by atoms with Crippen LogP contribution in [0.3, 0.4) is 0 Å². The molecule has 2 aromatic rings. The first-order chi connectivity index (χ1) is 14.6. The SMILES string of the molecule is CCO[C@]1(C)C(=O)c2ccc(C(C)C)cc2N1Nc1cc(C(C)C)ccc1C(=O)CC. The number of hydrogen-bond donors (Lipinski definition) is 1. The van der Waals surface area contributed by atoms with Gasteiger partial charge in [0.05, 0.1) is 11.4 Å². The van der Waals surface area contributed by atoms with E-state index in [0.717, 1.165) is 16.8 Å². The van der Waals surface area contributed by atoms with Crippen molar-refractivity contribution in [3.05, 3.63) is 58.7 Å². The zero-order valence-corrected chi connectivity index (χ0v) is 19.7. The maximum Gasteiger partial charge on any atom is 0.220 e. The van der Waals surface area contributed by atoms with Crippen LogP contribution in [0.2, 0.25) is 0 Å². The number of anilines is 2. The molecule has 166 valence electrons. The van der Waals surface area contributed by atoms with Crippen molar-refractivity contribution in [3.8, 4) is 0 Å². The number of hydrazine groups is 1. The van der Waals surface area contributed by atoms with Crippen LogP contribution >= 0.6 is 0 Å². The quantitative estimate of drug-likeness (QED) is 0.505. The van der Waals surface area contributed by atoms with Gasteiger partial charge >= 0.3 is 0 Å². The third-order valence-corrected chi connectivity index (χ3v) is 6.01. The highest BCUT2D eigenvalue weighted by molar-refractivity contribution is 6.13. The Kier molecular flexibility index (Phi) is 6.56. The number of nitrogens with zero attached hydrogens (tertiary/aromatic N) is 1. The summed E-state index contributed by atoms with van der Waals surface area (Å²) < 4.78 is 6.00. The third-order valence-electron chi connectivity index (χ3n) is 6.01. The number of hydrogen-bond acceptors (Lipinski definition) is 5. The monoisotopic (exact) mass is 422 g/mol. The van der Waals surface area contributed by atoms with Gasteiger partial charge in [0.1, 0.15) is 0 Å². The zero-order chi connectivity index (χ0) is 22.9. The van der Waals surface area contributed by atoms with Crippen LogP contribution in [0, 0.1) is 0 Å². The number of benzene rings is 2. The summed E-state index contributed by atoms with van der Waals surface area (Å²) in [5.41, 5.74) is 7.18. The average Bonchev–Trinajstić information content (AvgIpc) is 2.94. The topological polar surface area (TPSA) is 58.6 Å². The lowest BCUT2D eigenvalue weighted by atomic mass is 9.98. The number of carbonyl (C=O) groups is 2. The largest absolute Gasteiger partial charge is 0.347 e. The van der Waals surface area contributed by atoms with Gasteiger partial charge in [-0.05, 0) is 61.1 Å². The Morgan fingerprint density at radius 2 is 1.65 bits per heavy atom. The van der Waals surface area contributed by atoms with Crippen LogP contribution in [0.1, 0.15) is 98.6 Å². The van der Waals surface area contributed by atoms with Crippen LogP contribution < -0.4 is 10.4 Å². The molecular weight excluding hydrogens is 388 g/mol. The Morgan fingerprint density at radius 3 is 2.23 bits per heavy atom. The zero-order valence-electron chi connectivity index (χ0n) is 19.7. The molecule has 0 bridgehead atoms. The van der Waals surface area contributed by atoms with Gasteiger partial charge in [0.25, 0.3) is 0 Å². The highest BCUT2D eigenvalue weighted by atomic mass is 16.5. The van der Waals surface area contributed by atoms with Crippen LogP contribution in [-0.4, -0.2) is 23.9 Å². The molecule has 1 aliphatic heterocycles. The van der Waals surface area contributed by atoms with E-state index >= 15 is 0 Å². The minimum absolute atomic E-state index is 0.0533. The van der Waals surface area contributed by atoms with Crippen molar-refractivity contribution in [3.63, 3.8) is 0 Å². The van der Waals surface area contributed by atoms with Gasteiger partial charge < -0.3 is 4.74 Å². The summed E-state index contributed by atoms with van der Waals surface area (Å²) in [4.78, 5) is 26.0. The maximum absolute atomic E-state index is 13.4. The average molecular weight is 423 g/mol. The second kappa shape index (κ2) is 8.83. The predicted molar refractivity (Wildman–Crippen MR) is 126 cm³/mol. The molecule has 5 heteroatoms. The first-order valence-electron chi connectivity index (χ1n) is 11.2. The molecule has 2 aromatic carbocycles. The second-order valence-corrected chi connectivity index (χ2v) is 8.86. The van der Waals surface area contributed by atoms with Crippen molar-refractivity contribution < 1.29 is 14.3 Å². The summed E-state index contributed by atoms with van der Waals surface area (Å²) in [7, 11) is 0. The standard InChI is InChI=1S/C26H34N2O3/c1-8-24(29)20-12-10-18(16(3)4)14-22(20)27-28-23-15-19(17(5)6)11-13-21(23)25(30)26(28,7)31-9-2/h10-17,27H,8-9H2,1-7H3/t26-/m1/s1. The number of fused-ring (bicyclic) bond motifs is 1. The molecule has 5 nitrogen and oxygen atoms in total. The lowest BCUT2D eigenvalue weighted by Gasteiger charge is -2.36. The number of carbonyl (C=O) groups excluding carboxylic acids is 2. The van der Waals surface area contributed by atoms with Crippen LogP contribution in [0.25, 0.3) is 0 Å². The molecular formula is C26H34N2O3. The van der Waals surface area contributed by atoms with Crippen LogP contribution in [0.5, 0.6) is 0 Å². The van der Waals surface area contributed by atoms with Gasteiger partial charge in [0.15, 0.2) is 5.78 Å². The summed E-state index contributed by atoms with van der Waals surface area (Å²) in [6.45, 7) is 14.4. The Labute approximate surface area is 185 Å². The van der Waals surface area contributed by atoms with Crippen LogP contribution in [0.4, 0.5) is 11.4 Å². The van der Waals surface area contributed by atoms with E-state index in [-0.39, 0.29) is 11.6 Å². The summed E-state index contributed by atoms with van der Waals surface area (Å²) in [5, 5.41) is 1.80. The van der Waals surface area contributed by atoms with Crippen molar-refractivity contribution >= 4 is 22.9 Å². The molecule has 1 atom stereocenters. The number of rotatable bonds is 8. The van der Waals surface area contributed by atoms with Crippen LogP contribution in [0.15, 0.2) is 36.4 Å². The molecule has 0 saturated carbocycles. The van der Waals surface area contributed by atoms with Gasteiger partial charge in [0.2, 0.25) is 11.5 Å². The van der Waals surface area contributed by atoms with E-state index in [1.807, 2.05) is 50.2 Å². The number of ether oxygens (including phenoxy) is 1. The number of Topliss-reactive ketones (excluding diaryl/α,β-unsaturated/α-hetero) is 2. The Balaban J connectivity index is 2.16. The first kappa shape index (κ1) is 23.0. The van der Waals surface area contributed by atoms with E-state index < -0.39 is 5.72 Å². The molecule has 3 rings (SSSR count). The van der Waals surface area contributed by atoms with Crippen molar-refractivity contribution in [2.45, 2.75) is 72.4 Å². The van der Waals surface area contributed by atoms with E-state index in [2.05, 4.69) is 33.1 Å². The molecule has 0 aromatic heterocycles. The molecule has 0 aliphatic carbocycles. The fourth-order valence-electron chi connectivity index (χ4n) is 4.01. The Hall–Kier alpha value is -2.66. The second-order valence-electron chi connectivity index (χ2n) is 8.86. The number of ketones is 2. The van der Waals surface area contributed by atoms with Gasteiger partial charge in [-0.1, -0.05) is 46.8 Å². The highest BCUT2D eigenvalue weighted by Gasteiger charge is 2.49. The smallest absolute Gasteiger partial charge is 0.220 e. The van der Waals surface area contributed by atoms with E-state index in [9.17, 15) is 9.59 Å². The van der Waals surface area contributed by atoms with Crippen molar-refractivity contribution in [2.24, 2.45) is 0 Å². The first-order valence-corrected chi connectivity index (χ1v) is 11.2. The molecule has 0 fully saturated rings. The van der Waals surface area contributed by atoms with E-state index in [0.29, 0.717) is 41.7 Å². The molecule has 0 radical (unpaired) electrons. The molecule has 0 amide bonds. The van der Waals surface area contributed by atoms with Crippen molar-refractivity contribution in [1.82, 2.24) is 0 Å². The van der Waals surface area contributed by atoms with E-state index in [1.54, 1.807) is 11.9 Å². The number of nitrogens with one attached hydrogen (secondary N) is 1. The molecule has 0 saturated heterocycles. The molecule has 1 aliphatic rings. The summed E-state index contributed by atoms with van der Waals surface area (Å²) in [6, 6.07) is 11.8. The molecule has 0 spiro atoms. The predicted octanol–water partition coefficient (Wildman–Crippen LogP) is 6.31. The Bertz CT molecular complexity index is 996. The third kappa shape index (κ3) is 4.11. The molecule has 0 unspecified atom stereocenters. The van der Waals surface area contributed by atoms with E-state index in [1.165, 1.54) is 0 Å². The van der Waals surface area contributed by atoms with Crippen molar-refractivity contribution in [2.75, 3.05) is 17.0 Å². The molecule has 31 heavy (non-hydrogen) atoms. The fourth-order valence-corrected chi connectivity index (χ4v) is 4.01. The van der Waals surface area contributed by atoms with Gasteiger partial charge in [-0.2, -0.15) is 0 Å². The lowest BCUT2D eigenvalue weighted by molar-refractivity contribution is -0.00443. The highest BCUT2D eigenvalue weighted by Crippen LogP contribution is 2.41. The van der Waals surface area contributed by atoms with Gasteiger partial charge in [-0.15, -0.1) is 0 Å². The fraction of sp³-hybridized carbons (Fsp3) is 0.462. The van der Waals surface area contributed by atoms with E-state index in [4.69, 9.17) is 4.74 Å². The summed E-state index contributed by atoms with van der Waals surface area (Å²) in [5.74, 6) is 0.598. The Morgan fingerprint density at radius 1 is 1.03 bits per heavy atom. The van der Waals surface area contributed by atoms with Gasteiger partial charge in [-0.3, -0.25) is 15.0 Å².